The van der Waals surface area contributed by atoms with Gasteiger partial charge in [0.25, 0.3) is 5.91 Å². The van der Waals surface area contributed by atoms with Crippen molar-refractivity contribution in [2.45, 2.75) is 18.9 Å². The van der Waals surface area contributed by atoms with Crippen LogP contribution in [0.3, 0.4) is 0 Å². The molecule has 5 aromatic heterocycles. The van der Waals surface area contributed by atoms with E-state index in [4.69, 9.17) is 15.7 Å². The van der Waals surface area contributed by atoms with E-state index >= 15 is 0 Å². The summed E-state index contributed by atoms with van der Waals surface area (Å²) >= 11 is 0. The standard InChI is InChI=1S/C35H26N8O3/c36-32-24(7-4-15-37-32)33-40-29-13-12-27(20-5-2-1-3-6-20)39-34(29)43(33)22-9-10-23-21(17-22)8-11-28(23)41-35(46)25-18-38-42-16-14-30(45)26(19-44)31(25)42/h1-7,9-10,12-19,28,44H,8,11H2,(H2,36,37)(H,41,46)/t28-/m0/s1. The molecule has 1 atom stereocenters. The monoisotopic (exact) mass is 606 g/mol. The van der Waals surface area contributed by atoms with Crippen LogP contribution in [0.25, 0.3) is 51.3 Å². The smallest absolute Gasteiger partial charge is 0.255 e. The summed E-state index contributed by atoms with van der Waals surface area (Å²) in [5, 5.41) is 17.0. The van der Waals surface area contributed by atoms with Crippen LogP contribution in [0, 0.1) is 0 Å². The van der Waals surface area contributed by atoms with E-state index in [0.717, 1.165) is 40.0 Å². The zero-order valence-electron chi connectivity index (χ0n) is 24.3. The van der Waals surface area contributed by atoms with E-state index in [9.17, 15) is 14.7 Å². The first-order valence-corrected chi connectivity index (χ1v) is 14.7. The van der Waals surface area contributed by atoms with Crippen molar-refractivity contribution in [1.82, 2.24) is 34.4 Å². The second-order valence-electron chi connectivity index (χ2n) is 11.1. The van der Waals surface area contributed by atoms with Gasteiger partial charge < -0.3 is 16.2 Å². The van der Waals surface area contributed by atoms with Crippen LogP contribution in [0.2, 0.25) is 0 Å². The Hall–Kier alpha value is -6.36. The number of pyridine rings is 3. The number of nitrogens with zero attached hydrogens (tertiary/aromatic N) is 6. The molecule has 2 aromatic carbocycles. The maximum absolute atomic E-state index is 13.4. The van der Waals surface area contributed by atoms with Crippen LogP contribution >= 0.6 is 0 Å². The third-order valence-corrected chi connectivity index (χ3v) is 8.48. The molecule has 0 spiro atoms. The summed E-state index contributed by atoms with van der Waals surface area (Å²) < 4.78 is 3.42. The number of fused-ring (bicyclic) bond motifs is 3. The zero-order chi connectivity index (χ0) is 31.4. The molecular weight excluding hydrogens is 580 g/mol. The maximum atomic E-state index is 13.4. The van der Waals surface area contributed by atoms with Crippen molar-refractivity contribution in [2.75, 3.05) is 5.73 Å². The number of nitrogen functional groups attached to an aromatic ring is 1. The van der Waals surface area contributed by atoms with Crippen molar-refractivity contribution in [3.63, 3.8) is 0 Å². The summed E-state index contributed by atoms with van der Waals surface area (Å²) in [5.41, 5.74) is 13.3. The molecule has 0 saturated heterocycles. The van der Waals surface area contributed by atoms with Crippen molar-refractivity contribution in [1.29, 1.82) is 0 Å². The van der Waals surface area contributed by atoms with Gasteiger partial charge in [-0.05, 0) is 60.4 Å². The summed E-state index contributed by atoms with van der Waals surface area (Å²) in [6, 6.07) is 24.8. The van der Waals surface area contributed by atoms with Gasteiger partial charge in [0.2, 0.25) is 0 Å². The van der Waals surface area contributed by atoms with Crippen LogP contribution in [0.5, 0.6) is 0 Å². The van der Waals surface area contributed by atoms with E-state index in [1.807, 2.05) is 71.3 Å². The van der Waals surface area contributed by atoms with Crippen molar-refractivity contribution in [3.8, 4) is 28.3 Å². The molecule has 0 bridgehead atoms. The second kappa shape index (κ2) is 10.7. The third-order valence-electron chi connectivity index (χ3n) is 8.48. The summed E-state index contributed by atoms with van der Waals surface area (Å²) in [7, 11) is 0. The Kier molecular flexibility index (Phi) is 6.31. The highest BCUT2D eigenvalue weighted by Gasteiger charge is 2.27. The third kappa shape index (κ3) is 4.36. The average Bonchev–Trinajstić information content (AvgIpc) is 3.80. The van der Waals surface area contributed by atoms with Gasteiger partial charge in [-0.1, -0.05) is 36.4 Å². The molecule has 0 radical (unpaired) electrons. The Morgan fingerprint density at radius 3 is 2.72 bits per heavy atom. The minimum Gasteiger partial charge on any atom is -0.515 e. The summed E-state index contributed by atoms with van der Waals surface area (Å²) in [6.07, 6.45) is 6.67. The molecule has 224 valence electrons. The molecule has 4 N–H and O–H groups in total. The number of aliphatic hydroxyl groups is 1. The van der Waals surface area contributed by atoms with Gasteiger partial charge in [-0.3, -0.25) is 14.2 Å². The highest BCUT2D eigenvalue weighted by Crippen LogP contribution is 2.36. The number of carbonyl (C=O) groups excluding carboxylic acids is 1. The highest BCUT2D eigenvalue weighted by atomic mass is 16.2. The average molecular weight is 607 g/mol. The SMILES string of the molecule is Nc1ncccc1-c1nc2ccc(-c3ccccc3)nc2n1-c1ccc2c(c1)CC[C@@H]2NC(=O)c1cnn2ccc(=O)c(=CO)c12. The molecule has 0 aliphatic heterocycles. The van der Waals surface area contributed by atoms with Crippen LogP contribution in [0.15, 0.2) is 102 Å². The van der Waals surface area contributed by atoms with Gasteiger partial charge in [0.1, 0.15) is 11.3 Å². The Labute approximate surface area is 261 Å². The number of hydrogen-bond acceptors (Lipinski definition) is 8. The molecule has 8 rings (SSSR count). The lowest BCUT2D eigenvalue weighted by molar-refractivity contribution is 0.0938. The Morgan fingerprint density at radius 2 is 1.89 bits per heavy atom. The number of nitrogens with two attached hydrogens (primary N) is 1. The highest BCUT2D eigenvalue weighted by molar-refractivity contribution is 6.01. The lowest BCUT2D eigenvalue weighted by Crippen LogP contribution is -2.31. The lowest BCUT2D eigenvalue weighted by Gasteiger charge is -2.15. The second-order valence-corrected chi connectivity index (χ2v) is 11.1. The predicted octanol–water partition coefficient (Wildman–Crippen LogP) is 4.17. The predicted molar refractivity (Wildman–Crippen MR) is 174 cm³/mol. The number of benzene rings is 2. The number of aliphatic hydroxyl groups excluding tert-OH is 1. The molecule has 1 aliphatic carbocycles. The topological polar surface area (TPSA) is 153 Å². The number of hydrogen-bond donors (Lipinski definition) is 3. The van der Waals surface area contributed by atoms with Gasteiger partial charge in [0.15, 0.2) is 16.9 Å². The molecule has 0 saturated carbocycles. The van der Waals surface area contributed by atoms with Crippen LogP contribution < -0.4 is 21.7 Å². The van der Waals surface area contributed by atoms with E-state index in [-0.39, 0.29) is 28.2 Å². The fraction of sp³-hybridized carbons (Fsp3) is 0.0857. The minimum absolute atomic E-state index is 0.0169. The fourth-order valence-corrected chi connectivity index (χ4v) is 6.27. The molecule has 0 unspecified atom stereocenters. The van der Waals surface area contributed by atoms with Gasteiger partial charge in [0.05, 0.1) is 46.1 Å². The van der Waals surface area contributed by atoms with Crippen LogP contribution in [0.4, 0.5) is 5.82 Å². The van der Waals surface area contributed by atoms with Crippen LogP contribution in [-0.2, 0) is 6.42 Å². The van der Waals surface area contributed by atoms with E-state index in [1.54, 1.807) is 6.20 Å². The molecule has 7 aromatic rings. The quantitative estimate of drug-likeness (QED) is 0.264. The molecular formula is C35H26N8O3. The van der Waals surface area contributed by atoms with Crippen molar-refractivity contribution in [2.24, 2.45) is 0 Å². The number of aromatic nitrogens is 6. The summed E-state index contributed by atoms with van der Waals surface area (Å²) in [5.74, 6) is 0.617. The first-order valence-electron chi connectivity index (χ1n) is 14.7. The van der Waals surface area contributed by atoms with Gasteiger partial charge in [-0.25, -0.2) is 19.5 Å². The molecule has 11 heteroatoms. The molecule has 5 heterocycles. The summed E-state index contributed by atoms with van der Waals surface area (Å²) in [4.78, 5) is 40.0. The number of carbonyl (C=O) groups is 1. The first-order chi connectivity index (χ1) is 22.5. The Balaban J connectivity index is 1.20. The van der Waals surface area contributed by atoms with Crippen molar-refractivity contribution in [3.05, 3.63) is 130 Å². The number of nitrogens with one attached hydrogen (secondary N) is 1. The van der Waals surface area contributed by atoms with E-state index < -0.39 is 5.43 Å². The number of imidazole rings is 1. The molecule has 11 nitrogen and oxygen atoms in total. The van der Waals surface area contributed by atoms with Gasteiger partial charge in [0, 0.05) is 29.7 Å². The van der Waals surface area contributed by atoms with Gasteiger partial charge in [-0.2, -0.15) is 5.10 Å². The number of aryl methyl sites for hydroxylation is 1. The largest absolute Gasteiger partial charge is 0.515 e. The van der Waals surface area contributed by atoms with Crippen LogP contribution in [0.1, 0.15) is 33.9 Å². The molecule has 1 aliphatic rings. The Bertz CT molecular complexity index is 2430. The van der Waals surface area contributed by atoms with E-state index in [0.29, 0.717) is 35.5 Å². The van der Waals surface area contributed by atoms with E-state index in [1.165, 1.54) is 23.0 Å². The van der Waals surface area contributed by atoms with Crippen LogP contribution in [-0.4, -0.2) is 40.1 Å². The van der Waals surface area contributed by atoms with Crippen molar-refractivity contribution >= 4 is 34.7 Å². The van der Waals surface area contributed by atoms with E-state index in [2.05, 4.69) is 21.5 Å². The fourth-order valence-electron chi connectivity index (χ4n) is 6.27. The van der Waals surface area contributed by atoms with Gasteiger partial charge >= 0.3 is 0 Å². The van der Waals surface area contributed by atoms with Gasteiger partial charge in [-0.15, -0.1) is 0 Å². The Morgan fingerprint density at radius 1 is 1.02 bits per heavy atom. The maximum Gasteiger partial charge on any atom is 0.255 e. The zero-order valence-corrected chi connectivity index (χ0v) is 24.3. The van der Waals surface area contributed by atoms with Crippen molar-refractivity contribution < 1.29 is 9.90 Å². The minimum atomic E-state index is -0.395. The number of amides is 1. The lowest BCUT2D eigenvalue weighted by atomic mass is 10.1. The summed E-state index contributed by atoms with van der Waals surface area (Å²) in [6.45, 7) is 0. The molecule has 1 amide bonds. The number of anilines is 1. The number of rotatable bonds is 5. The normalized spacial score (nSPS) is 14.6. The molecule has 46 heavy (non-hydrogen) atoms. The first kappa shape index (κ1) is 27.2. The molecule has 0 fully saturated rings.